The number of hydrogen-bond donors (Lipinski definition) is 1. The van der Waals surface area contributed by atoms with Gasteiger partial charge in [0.25, 0.3) is 0 Å². The van der Waals surface area contributed by atoms with E-state index < -0.39 is 0 Å². The van der Waals surface area contributed by atoms with Gasteiger partial charge < -0.3 is 10.1 Å². The summed E-state index contributed by atoms with van der Waals surface area (Å²) in [4.78, 5) is 4.44. The molecule has 2 atom stereocenters. The Labute approximate surface area is 101 Å². The van der Waals surface area contributed by atoms with Gasteiger partial charge in [-0.25, -0.2) is 4.98 Å². The van der Waals surface area contributed by atoms with Crippen molar-refractivity contribution in [3.05, 3.63) is 16.6 Å². The molecule has 1 heterocycles. The molecule has 0 saturated heterocycles. The Balaban J connectivity index is 1.97. The van der Waals surface area contributed by atoms with Crippen molar-refractivity contribution in [3.8, 4) is 0 Å². The fraction of sp³-hybridized carbons (Fsp3) is 0.750. The molecule has 2 unspecified atom stereocenters. The first-order valence-corrected chi connectivity index (χ1v) is 6.87. The first-order chi connectivity index (χ1) is 7.85. The van der Waals surface area contributed by atoms with Gasteiger partial charge in [0.1, 0.15) is 5.01 Å². The molecule has 0 spiro atoms. The summed E-state index contributed by atoms with van der Waals surface area (Å²) in [7, 11) is 1.76. The lowest BCUT2D eigenvalue weighted by Crippen LogP contribution is -2.36. The molecule has 90 valence electrons. The molecule has 0 bridgehead atoms. The monoisotopic (exact) mass is 240 g/mol. The van der Waals surface area contributed by atoms with Crippen molar-refractivity contribution < 1.29 is 4.74 Å². The van der Waals surface area contributed by atoms with Gasteiger partial charge in [-0.2, -0.15) is 0 Å². The minimum Gasteiger partial charge on any atom is -0.383 e. The fourth-order valence-electron chi connectivity index (χ4n) is 1.97. The van der Waals surface area contributed by atoms with E-state index in [1.807, 2.05) is 6.20 Å². The van der Waals surface area contributed by atoms with Crippen LogP contribution < -0.4 is 5.32 Å². The van der Waals surface area contributed by atoms with E-state index in [0.29, 0.717) is 12.1 Å². The summed E-state index contributed by atoms with van der Waals surface area (Å²) in [6, 6.07) is 0.889. The maximum atomic E-state index is 5.23. The number of aromatic nitrogens is 1. The summed E-state index contributed by atoms with van der Waals surface area (Å²) in [6.45, 7) is 2.98. The zero-order chi connectivity index (χ0) is 11.4. The minimum absolute atomic E-state index is 0.444. The zero-order valence-corrected chi connectivity index (χ0v) is 10.8. The molecule has 1 saturated carbocycles. The lowest BCUT2D eigenvalue weighted by molar-refractivity contribution is 0.156. The van der Waals surface area contributed by atoms with Gasteiger partial charge in [0, 0.05) is 24.7 Å². The van der Waals surface area contributed by atoms with E-state index in [1.165, 1.54) is 17.8 Å². The number of nitrogens with zero attached hydrogens (tertiary/aromatic N) is 1. The summed E-state index contributed by atoms with van der Waals surface area (Å²) in [5, 5.41) is 6.98. The highest BCUT2D eigenvalue weighted by Crippen LogP contribution is 2.41. The Morgan fingerprint density at radius 3 is 2.94 bits per heavy atom. The molecule has 0 aromatic carbocycles. The third-order valence-electron chi connectivity index (χ3n) is 3.09. The van der Waals surface area contributed by atoms with Crippen LogP contribution in [-0.2, 0) is 4.74 Å². The predicted octanol–water partition coefficient (Wildman–Crippen LogP) is 2.61. The maximum Gasteiger partial charge on any atom is 0.110 e. The van der Waals surface area contributed by atoms with Crippen molar-refractivity contribution >= 4 is 11.3 Å². The summed E-state index contributed by atoms with van der Waals surface area (Å²) < 4.78 is 5.23. The van der Waals surface area contributed by atoms with Crippen LogP contribution in [0.2, 0.25) is 0 Å². The van der Waals surface area contributed by atoms with Crippen LogP contribution in [-0.4, -0.2) is 24.7 Å². The van der Waals surface area contributed by atoms with Crippen molar-refractivity contribution in [1.29, 1.82) is 0 Å². The standard InChI is InChI=1S/C12H20N2OS/c1-3-10(8-15-2)14-11(9-4-5-9)12-13-6-7-16-12/h6-7,9-11,14H,3-5,8H2,1-2H3. The highest BCUT2D eigenvalue weighted by Gasteiger charge is 2.34. The van der Waals surface area contributed by atoms with Gasteiger partial charge in [-0.1, -0.05) is 6.92 Å². The number of nitrogens with one attached hydrogen (secondary N) is 1. The van der Waals surface area contributed by atoms with Gasteiger partial charge in [0.15, 0.2) is 0 Å². The highest BCUT2D eigenvalue weighted by atomic mass is 32.1. The van der Waals surface area contributed by atoms with E-state index in [0.717, 1.165) is 18.9 Å². The SMILES string of the molecule is CCC(COC)NC(c1nccs1)C1CC1. The topological polar surface area (TPSA) is 34.1 Å². The Hall–Kier alpha value is -0.450. The largest absolute Gasteiger partial charge is 0.383 e. The average Bonchev–Trinajstić information content (AvgIpc) is 2.99. The molecule has 0 aliphatic heterocycles. The van der Waals surface area contributed by atoms with Gasteiger partial charge in [-0.15, -0.1) is 11.3 Å². The van der Waals surface area contributed by atoms with E-state index in [9.17, 15) is 0 Å². The highest BCUT2D eigenvalue weighted by molar-refractivity contribution is 7.09. The van der Waals surface area contributed by atoms with Gasteiger partial charge in [0.2, 0.25) is 0 Å². The van der Waals surface area contributed by atoms with Crippen molar-refractivity contribution in [1.82, 2.24) is 10.3 Å². The van der Waals surface area contributed by atoms with Crippen LogP contribution in [0.15, 0.2) is 11.6 Å². The van der Waals surface area contributed by atoms with Crippen molar-refractivity contribution in [2.24, 2.45) is 5.92 Å². The third kappa shape index (κ3) is 3.03. The van der Waals surface area contributed by atoms with E-state index in [-0.39, 0.29) is 0 Å². The molecular weight excluding hydrogens is 220 g/mol. The number of methoxy groups -OCH3 is 1. The average molecular weight is 240 g/mol. The van der Waals surface area contributed by atoms with Gasteiger partial charge >= 0.3 is 0 Å². The van der Waals surface area contributed by atoms with Crippen molar-refractivity contribution in [2.75, 3.05) is 13.7 Å². The summed E-state index contributed by atoms with van der Waals surface area (Å²) in [5.41, 5.74) is 0. The molecule has 2 rings (SSSR count). The second-order valence-corrected chi connectivity index (χ2v) is 5.34. The summed E-state index contributed by atoms with van der Waals surface area (Å²) >= 11 is 1.76. The first kappa shape index (κ1) is 12.0. The van der Waals surface area contributed by atoms with Crippen LogP contribution in [0.1, 0.15) is 37.2 Å². The van der Waals surface area contributed by atoms with E-state index in [1.54, 1.807) is 18.4 Å². The molecule has 1 N–H and O–H groups in total. The molecule has 1 aliphatic rings. The number of rotatable bonds is 7. The fourth-order valence-corrected chi connectivity index (χ4v) is 2.76. The molecule has 3 nitrogen and oxygen atoms in total. The van der Waals surface area contributed by atoms with Crippen molar-refractivity contribution in [2.45, 2.75) is 38.3 Å². The molecule has 1 fully saturated rings. The van der Waals surface area contributed by atoms with E-state index in [2.05, 4.69) is 22.6 Å². The minimum atomic E-state index is 0.444. The van der Waals surface area contributed by atoms with Gasteiger partial charge in [-0.3, -0.25) is 0 Å². The Kier molecular flexibility index (Phi) is 4.32. The molecule has 0 amide bonds. The summed E-state index contributed by atoms with van der Waals surface area (Å²) in [5.74, 6) is 0.789. The number of thiazole rings is 1. The van der Waals surface area contributed by atoms with Crippen LogP contribution in [0.5, 0.6) is 0 Å². The van der Waals surface area contributed by atoms with E-state index in [4.69, 9.17) is 4.74 Å². The number of hydrogen-bond acceptors (Lipinski definition) is 4. The molecule has 0 radical (unpaired) electrons. The normalized spacial score (nSPS) is 19.6. The van der Waals surface area contributed by atoms with Crippen LogP contribution >= 0.6 is 11.3 Å². The summed E-state index contributed by atoms with van der Waals surface area (Å²) in [6.07, 6.45) is 5.66. The van der Waals surface area contributed by atoms with E-state index >= 15 is 0 Å². The Bertz CT molecular complexity index is 298. The van der Waals surface area contributed by atoms with Crippen molar-refractivity contribution in [3.63, 3.8) is 0 Å². The molecular formula is C12H20N2OS. The smallest absolute Gasteiger partial charge is 0.110 e. The molecule has 1 aromatic heterocycles. The first-order valence-electron chi connectivity index (χ1n) is 5.99. The van der Waals surface area contributed by atoms with Crippen LogP contribution in [0.4, 0.5) is 0 Å². The Morgan fingerprint density at radius 1 is 1.62 bits per heavy atom. The number of ether oxygens (including phenoxy) is 1. The third-order valence-corrected chi connectivity index (χ3v) is 3.95. The molecule has 1 aliphatic carbocycles. The maximum absolute atomic E-state index is 5.23. The van der Waals surface area contributed by atoms with Crippen LogP contribution in [0.25, 0.3) is 0 Å². The second-order valence-electron chi connectivity index (χ2n) is 4.41. The van der Waals surface area contributed by atoms with Crippen LogP contribution in [0, 0.1) is 5.92 Å². The molecule has 4 heteroatoms. The predicted molar refractivity (Wildman–Crippen MR) is 66.7 cm³/mol. The van der Waals surface area contributed by atoms with Gasteiger partial charge in [0.05, 0.1) is 12.6 Å². The lowest BCUT2D eigenvalue weighted by atomic mass is 10.1. The zero-order valence-electron chi connectivity index (χ0n) is 9.98. The Morgan fingerprint density at radius 2 is 2.44 bits per heavy atom. The van der Waals surface area contributed by atoms with Crippen LogP contribution in [0.3, 0.4) is 0 Å². The van der Waals surface area contributed by atoms with Gasteiger partial charge in [-0.05, 0) is 25.2 Å². The second kappa shape index (κ2) is 5.75. The quantitative estimate of drug-likeness (QED) is 0.795. The molecule has 1 aromatic rings. The molecule has 16 heavy (non-hydrogen) atoms. The lowest BCUT2D eigenvalue weighted by Gasteiger charge is -2.23.